The number of ether oxygens (including phenoxy) is 3. The van der Waals surface area contributed by atoms with Crippen LogP contribution >= 0.6 is 0 Å². The minimum atomic E-state index is -1.57. The number of aliphatic hydroxyl groups excluding tert-OH is 2. The van der Waals surface area contributed by atoms with Crippen LogP contribution < -0.4 is 9.47 Å². The normalized spacial score (nSPS) is 14.6. The summed E-state index contributed by atoms with van der Waals surface area (Å²) in [6, 6.07) is 4.63. The zero-order valence-corrected chi connectivity index (χ0v) is 20.7. The Balaban J connectivity index is 2.22. The molecule has 1 fully saturated rings. The molecule has 2 N–H and O–H groups in total. The summed E-state index contributed by atoms with van der Waals surface area (Å²) < 4.78 is 16.2. The summed E-state index contributed by atoms with van der Waals surface area (Å²) in [4.78, 5) is 35.7. The number of esters is 1. The Morgan fingerprint density at radius 1 is 0.892 bits per heavy atom. The standard InChI is InChI=1S/C25H30N2O10/c1-35-22-11-19(21(27(33)34)12-23(22)36-2)25(37-24(30)8-15-6-4-3-5-7-15)18-9-16(13-28)17(14-29)10-20(18)26(31)32/h9-12,15,25,28-29H,3-8,13-14H2,1-2H3. The van der Waals surface area contributed by atoms with E-state index in [1.165, 1.54) is 26.4 Å². The zero-order valence-electron chi connectivity index (χ0n) is 20.7. The minimum Gasteiger partial charge on any atom is -0.493 e. The molecule has 0 aliphatic heterocycles. The number of nitrogens with zero attached hydrogens (tertiary/aromatic N) is 2. The van der Waals surface area contributed by atoms with E-state index in [0.717, 1.165) is 44.2 Å². The molecule has 1 unspecified atom stereocenters. The number of nitro benzene ring substituents is 2. The van der Waals surface area contributed by atoms with Crippen LogP contribution in [0.5, 0.6) is 11.5 Å². The number of methoxy groups -OCH3 is 2. The first-order valence-corrected chi connectivity index (χ1v) is 11.9. The average Bonchev–Trinajstić information content (AvgIpc) is 2.90. The topological polar surface area (TPSA) is 172 Å². The molecule has 1 aliphatic rings. The molecule has 0 heterocycles. The molecule has 2 aromatic carbocycles. The van der Waals surface area contributed by atoms with E-state index in [2.05, 4.69) is 0 Å². The Bertz CT molecular complexity index is 1090. The quantitative estimate of drug-likeness (QED) is 0.250. The molecule has 1 atom stereocenters. The highest BCUT2D eigenvalue weighted by atomic mass is 16.6. The van der Waals surface area contributed by atoms with E-state index in [0.29, 0.717) is 0 Å². The summed E-state index contributed by atoms with van der Waals surface area (Å²) in [5.41, 5.74) is -1.12. The maximum absolute atomic E-state index is 13.1. The third kappa shape index (κ3) is 6.33. The smallest absolute Gasteiger partial charge is 0.307 e. The van der Waals surface area contributed by atoms with Crippen molar-refractivity contribution in [2.24, 2.45) is 5.92 Å². The van der Waals surface area contributed by atoms with Crippen molar-refractivity contribution < 1.29 is 39.1 Å². The van der Waals surface area contributed by atoms with E-state index in [4.69, 9.17) is 14.2 Å². The van der Waals surface area contributed by atoms with Crippen LogP contribution in [-0.2, 0) is 22.7 Å². The van der Waals surface area contributed by atoms with Gasteiger partial charge in [-0.3, -0.25) is 25.0 Å². The minimum absolute atomic E-state index is 0.0476. The maximum Gasteiger partial charge on any atom is 0.307 e. The summed E-state index contributed by atoms with van der Waals surface area (Å²) in [7, 11) is 2.62. The van der Waals surface area contributed by atoms with Gasteiger partial charge in [0.25, 0.3) is 11.4 Å². The van der Waals surface area contributed by atoms with Gasteiger partial charge in [0.2, 0.25) is 0 Å². The van der Waals surface area contributed by atoms with Crippen LogP contribution in [0.4, 0.5) is 11.4 Å². The highest BCUT2D eigenvalue weighted by Crippen LogP contribution is 2.44. The SMILES string of the molecule is COc1cc(C(OC(=O)CC2CCCCC2)c2cc(CO)c(CO)cc2[N+](=O)[O-])c([N+](=O)[O-])cc1OC. The summed E-state index contributed by atoms with van der Waals surface area (Å²) in [6.07, 6.45) is 3.22. The molecule has 200 valence electrons. The van der Waals surface area contributed by atoms with Crippen LogP contribution in [0.25, 0.3) is 0 Å². The van der Waals surface area contributed by atoms with E-state index in [9.17, 15) is 35.2 Å². The van der Waals surface area contributed by atoms with Gasteiger partial charge in [0.05, 0.1) is 54.5 Å². The lowest BCUT2D eigenvalue weighted by atomic mass is 9.87. The van der Waals surface area contributed by atoms with Crippen LogP contribution in [-0.4, -0.2) is 40.2 Å². The molecule has 0 amide bonds. The van der Waals surface area contributed by atoms with Crippen LogP contribution in [0.2, 0.25) is 0 Å². The maximum atomic E-state index is 13.1. The Morgan fingerprint density at radius 3 is 1.95 bits per heavy atom. The fourth-order valence-electron chi connectivity index (χ4n) is 4.71. The van der Waals surface area contributed by atoms with Crippen LogP contribution in [0.15, 0.2) is 24.3 Å². The van der Waals surface area contributed by atoms with Crippen LogP contribution in [0.3, 0.4) is 0 Å². The molecule has 0 radical (unpaired) electrons. The Hall–Kier alpha value is -3.77. The molecule has 2 aromatic rings. The molecule has 37 heavy (non-hydrogen) atoms. The van der Waals surface area contributed by atoms with Gasteiger partial charge in [-0.1, -0.05) is 19.3 Å². The summed E-state index contributed by atoms with van der Waals surface area (Å²) in [5, 5.41) is 43.5. The molecule has 0 bridgehead atoms. The van der Waals surface area contributed by atoms with Gasteiger partial charge < -0.3 is 24.4 Å². The molecule has 1 aliphatic carbocycles. The van der Waals surface area contributed by atoms with Gasteiger partial charge in [-0.2, -0.15) is 0 Å². The fraction of sp³-hybridized carbons (Fsp3) is 0.480. The van der Waals surface area contributed by atoms with E-state index >= 15 is 0 Å². The zero-order chi connectivity index (χ0) is 27.1. The number of hydrogen-bond donors (Lipinski definition) is 2. The molecule has 1 saturated carbocycles. The molecular weight excluding hydrogens is 488 g/mol. The van der Waals surface area contributed by atoms with Crippen molar-refractivity contribution in [3.8, 4) is 11.5 Å². The average molecular weight is 519 g/mol. The van der Waals surface area contributed by atoms with Gasteiger partial charge in [0.1, 0.15) is 0 Å². The first-order valence-electron chi connectivity index (χ1n) is 11.9. The monoisotopic (exact) mass is 518 g/mol. The van der Waals surface area contributed by atoms with E-state index in [-0.39, 0.29) is 46.1 Å². The molecule has 0 saturated heterocycles. The third-order valence-corrected chi connectivity index (χ3v) is 6.61. The highest BCUT2D eigenvalue weighted by Gasteiger charge is 2.35. The van der Waals surface area contributed by atoms with Crippen molar-refractivity contribution in [3.63, 3.8) is 0 Å². The van der Waals surface area contributed by atoms with Gasteiger partial charge in [-0.05, 0) is 42.0 Å². The Morgan fingerprint density at radius 2 is 1.41 bits per heavy atom. The van der Waals surface area contributed by atoms with Crippen LogP contribution in [0.1, 0.15) is 66.9 Å². The van der Waals surface area contributed by atoms with E-state index in [1.54, 1.807) is 0 Å². The summed E-state index contributed by atoms with van der Waals surface area (Å²) in [6.45, 7) is -1.16. The van der Waals surface area contributed by atoms with Crippen molar-refractivity contribution in [2.45, 2.75) is 57.8 Å². The predicted octanol–water partition coefficient (Wildman–Crippen LogP) is 4.11. The molecule has 0 spiro atoms. The van der Waals surface area contributed by atoms with Gasteiger partial charge in [-0.15, -0.1) is 0 Å². The Kier molecular flexibility index (Phi) is 9.36. The van der Waals surface area contributed by atoms with Gasteiger partial charge in [0.15, 0.2) is 17.6 Å². The second-order valence-corrected chi connectivity index (χ2v) is 8.85. The van der Waals surface area contributed by atoms with E-state index in [1.807, 2.05) is 0 Å². The summed E-state index contributed by atoms with van der Waals surface area (Å²) >= 11 is 0. The van der Waals surface area contributed by atoms with Crippen LogP contribution in [0, 0.1) is 26.1 Å². The highest BCUT2D eigenvalue weighted by molar-refractivity contribution is 5.71. The number of hydrogen-bond acceptors (Lipinski definition) is 10. The van der Waals surface area contributed by atoms with E-state index < -0.39 is 46.5 Å². The van der Waals surface area contributed by atoms with Crippen molar-refractivity contribution in [2.75, 3.05) is 14.2 Å². The number of benzene rings is 2. The fourth-order valence-corrected chi connectivity index (χ4v) is 4.71. The second kappa shape index (κ2) is 12.5. The third-order valence-electron chi connectivity index (χ3n) is 6.61. The lowest BCUT2D eigenvalue weighted by Gasteiger charge is -2.24. The molecular formula is C25H30N2O10. The Labute approximate surface area is 213 Å². The number of carbonyl (C=O) groups excluding carboxylic acids is 1. The summed E-state index contributed by atoms with van der Waals surface area (Å²) in [5.74, 6) is -0.436. The molecule has 0 aromatic heterocycles. The van der Waals surface area contributed by atoms with Crippen molar-refractivity contribution in [1.82, 2.24) is 0 Å². The number of nitro groups is 2. The van der Waals surface area contributed by atoms with Crippen molar-refractivity contribution >= 4 is 17.3 Å². The number of carbonyl (C=O) groups is 1. The van der Waals surface area contributed by atoms with Gasteiger partial charge in [0, 0.05) is 12.5 Å². The second-order valence-electron chi connectivity index (χ2n) is 8.85. The van der Waals surface area contributed by atoms with Crippen molar-refractivity contribution in [1.29, 1.82) is 0 Å². The van der Waals surface area contributed by atoms with Crippen molar-refractivity contribution in [3.05, 3.63) is 66.7 Å². The van der Waals surface area contributed by atoms with Gasteiger partial charge in [-0.25, -0.2) is 0 Å². The molecule has 12 heteroatoms. The van der Waals surface area contributed by atoms with Gasteiger partial charge >= 0.3 is 5.97 Å². The first kappa shape index (κ1) is 27.8. The number of aliphatic hydroxyl groups is 2. The molecule has 12 nitrogen and oxygen atoms in total. The molecule has 3 rings (SSSR count). The lowest BCUT2D eigenvalue weighted by molar-refractivity contribution is -0.387. The lowest BCUT2D eigenvalue weighted by Crippen LogP contribution is -2.19. The number of rotatable bonds is 11. The largest absolute Gasteiger partial charge is 0.493 e. The predicted molar refractivity (Wildman–Crippen MR) is 130 cm³/mol. The first-order chi connectivity index (χ1) is 17.7.